The van der Waals surface area contributed by atoms with Crippen molar-refractivity contribution in [3.8, 4) is 28.6 Å². The molecule has 0 fully saturated rings. The van der Waals surface area contributed by atoms with Crippen LogP contribution in [0.3, 0.4) is 0 Å². The van der Waals surface area contributed by atoms with E-state index in [0.717, 1.165) is 34.5 Å². The Labute approximate surface area is 208 Å². The molecule has 178 valence electrons. The third kappa shape index (κ3) is 4.88. The molecule has 7 nitrogen and oxygen atoms in total. The van der Waals surface area contributed by atoms with Gasteiger partial charge in [-0.3, -0.25) is 9.36 Å². The lowest BCUT2D eigenvalue weighted by Gasteiger charge is -2.26. The summed E-state index contributed by atoms with van der Waals surface area (Å²) in [4.78, 5) is 12.9. The maximum absolute atomic E-state index is 12.9. The fourth-order valence-electron chi connectivity index (χ4n) is 4.15. The van der Waals surface area contributed by atoms with E-state index in [0.29, 0.717) is 23.3 Å². The summed E-state index contributed by atoms with van der Waals surface area (Å²) in [6.45, 7) is 2.63. The van der Waals surface area contributed by atoms with Crippen LogP contribution in [0.15, 0.2) is 78.0 Å². The maximum Gasteiger partial charge on any atom is 0.230 e. The van der Waals surface area contributed by atoms with E-state index in [9.17, 15) is 4.79 Å². The van der Waals surface area contributed by atoms with Gasteiger partial charge >= 0.3 is 0 Å². The normalized spacial score (nSPS) is 14.6. The molecular weight excluding hydrogens is 460 g/mol. The zero-order valence-corrected chi connectivity index (χ0v) is 20.4. The number of ether oxygens (including phenoxy) is 2. The number of aryl methyl sites for hydroxylation is 1. The largest absolute Gasteiger partial charge is 0.496 e. The van der Waals surface area contributed by atoms with Crippen molar-refractivity contribution < 1.29 is 14.3 Å². The molecule has 0 saturated heterocycles. The number of methoxy groups -OCH3 is 1. The number of hydrogen-bond donors (Lipinski definition) is 1. The smallest absolute Gasteiger partial charge is 0.230 e. The summed E-state index contributed by atoms with van der Waals surface area (Å²) in [6.07, 6.45) is 0.741. The van der Waals surface area contributed by atoms with Gasteiger partial charge in [-0.1, -0.05) is 59.8 Å². The summed E-state index contributed by atoms with van der Waals surface area (Å²) >= 11 is 1.36. The Balaban J connectivity index is 1.40. The lowest BCUT2D eigenvalue weighted by molar-refractivity contribution is -0.119. The van der Waals surface area contributed by atoms with Crippen LogP contribution >= 0.6 is 11.8 Å². The highest BCUT2D eigenvalue weighted by Gasteiger charge is 2.24. The molecule has 2 heterocycles. The predicted octanol–water partition coefficient (Wildman–Crippen LogP) is 4.98. The Morgan fingerprint density at radius 3 is 2.69 bits per heavy atom. The molecule has 1 aliphatic rings. The van der Waals surface area contributed by atoms with E-state index >= 15 is 0 Å². The minimum Gasteiger partial charge on any atom is -0.496 e. The number of rotatable bonds is 7. The zero-order valence-electron chi connectivity index (χ0n) is 19.6. The van der Waals surface area contributed by atoms with Crippen LogP contribution in [0, 0.1) is 6.92 Å². The van der Waals surface area contributed by atoms with Gasteiger partial charge in [0.2, 0.25) is 5.91 Å². The minimum absolute atomic E-state index is 0.0611. The highest BCUT2D eigenvalue weighted by molar-refractivity contribution is 7.99. The summed E-state index contributed by atoms with van der Waals surface area (Å²) < 4.78 is 13.3. The Morgan fingerprint density at radius 2 is 1.86 bits per heavy atom. The SMILES string of the molecule is COc1ccccc1-c1nnc(SCC(=O)NC2CCOc3ccccc32)n1-c1ccc(C)cc1. The van der Waals surface area contributed by atoms with Crippen molar-refractivity contribution in [2.45, 2.75) is 24.5 Å². The third-order valence-electron chi connectivity index (χ3n) is 5.90. The van der Waals surface area contributed by atoms with Gasteiger partial charge in [0.15, 0.2) is 11.0 Å². The number of nitrogens with one attached hydrogen (secondary N) is 1. The van der Waals surface area contributed by atoms with Crippen LogP contribution in [0.25, 0.3) is 17.1 Å². The van der Waals surface area contributed by atoms with E-state index in [4.69, 9.17) is 9.47 Å². The van der Waals surface area contributed by atoms with Crippen LogP contribution in [0.4, 0.5) is 0 Å². The molecule has 5 rings (SSSR count). The van der Waals surface area contributed by atoms with Crippen LogP contribution in [-0.4, -0.2) is 40.1 Å². The summed E-state index contributed by atoms with van der Waals surface area (Å²) in [5.74, 6) is 2.36. The van der Waals surface area contributed by atoms with Gasteiger partial charge in [0, 0.05) is 17.7 Å². The molecule has 0 saturated carbocycles. The van der Waals surface area contributed by atoms with Gasteiger partial charge < -0.3 is 14.8 Å². The standard InChI is InChI=1S/C27H26N4O3S/c1-18-11-13-19(14-12-18)31-26(21-8-4-5-9-23(21)33-2)29-30-27(31)35-17-25(32)28-22-15-16-34-24-10-6-3-7-20(22)24/h3-14,22H,15-17H2,1-2H3,(H,28,32). The second-order valence-corrected chi connectivity index (χ2v) is 9.20. The number of carbonyl (C=O) groups is 1. The first-order chi connectivity index (χ1) is 17.1. The topological polar surface area (TPSA) is 78.3 Å². The molecule has 1 aromatic heterocycles. The average molecular weight is 487 g/mol. The van der Waals surface area contributed by atoms with Crippen molar-refractivity contribution >= 4 is 17.7 Å². The lowest BCUT2D eigenvalue weighted by atomic mass is 10.0. The fourth-order valence-corrected chi connectivity index (χ4v) is 4.92. The number of hydrogen-bond acceptors (Lipinski definition) is 6. The summed E-state index contributed by atoms with van der Waals surface area (Å²) in [6, 6.07) is 23.6. The van der Waals surface area contributed by atoms with Gasteiger partial charge in [0.25, 0.3) is 0 Å². The number of carbonyl (C=O) groups excluding carboxylic acids is 1. The van der Waals surface area contributed by atoms with Crippen LogP contribution in [0.2, 0.25) is 0 Å². The number of nitrogens with zero attached hydrogens (tertiary/aromatic N) is 3. The van der Waals surface area contributed by atoms with Crippen LogP contribution in [0.1, 0.15) is 23.6 Å². The number of para-hydroxylation sites is 2. The van der Waals surface area contributed by atoms with Crippen LogP contribution in [0.5, 0.6) is 11.5 Å². The molecule has 1 N–H and O–H groups in total. The van der Waals surface area contributed by atoms with Gasteiger partial charge in [-0.2, -0.15) is 0 Å². The van der Waals surface area contributed by atoms with Crippen molar-refractivity contribution in [2.75, 3.05) is 19.5 Å². The molecule has 35 heavy (non-hydrogen) atoms. The first-order valence-corrected chi connectivity index (χ1v) is 12.4. The molecule has 3 aromatic carbocycles. The maximum atomic E-state index is 12.9. The van der Waals surface area contributed by atoms with E-state index in [1.807, 2.05) is 84.3 Å². The van der Waals surface area contributed by atoms with Crippen molar-refractivity contribution in [3.63, 3.8) is 0 Å². The lowest BCUT2D eigenvalue weighted by Crippen LogP contribution is -2.33. The van der Waals surface area contributed by atoms with Gasteiger partial charge in [0.05, 0.1) is 31.1 Å². The van der Waals surface area contributed by atoms with Crippen molar-refractivity contribution in [1.82, 2.24) is 20.1 Å². The molecule has 0 radical (unpaired) electrons. The molecule has 1 amide bonds. The summed E-state index contributed by atoms with van der Waals surface area (Å²) in [5, 5.41) is 12.7. The van der Waals surface area contributed by atoms with E-state index in [2.05, 4.69) is 15.5 Å². The Kier molecular flexibility index (Phi) is 6.72. The molecule has 1 aliphatic heterocycles. The van der Waals surface area contributed by atoms with Gasteiger partial charge in [-0.25, -0.2) is 0 Å². The monoisotopic (exact) mass is 486 g/mol. The van der Waals surface area contributed by atoms with Crippen LogP contribution < -0.4 is 14.8 Å². The third-order valence-corrected chi connectivity index (χ3v) is 6.83. The van der Waals surface area contributed by atoms with E-state index in [-0.39, 0.29) is 17.7 Å². The quantitative estimate of drug-likeness (QED) is 0.371. The first-order valence-electron chi connectivity index (χ1n) is 11.4. The second kappa shape index (κ2) is 10.2. The molecule has 0 bridgehead atoms. The van der Waals surface area contributed by atoms with Gasteiger partial charge in [0.1, 0.15) is 11.5 Å². The molecule has 0 aliphatic carbocycles. The Hall–Kier alpha value is -3.78. The van der Waals surface area contributed by atoms with Crippen molar-refractivity contribution in [2.24, 2.45) is 0 Å². The van der Waals surface area contributed by atoms with Gasteiger partial charge in [-0.05, 0) is 37.3 Å². The predicted molar refractivity (Wildman–Crippen MR) is 136 cm³/mol. The highest BCUT2D eigenvalue weighted by Crippen LogP contribution is 2.34. The number of thioether (sulfide) groups is 1. The minimum atomic E-state index is -0.0628. The second-order valence-electron chi connectivity index (χ2n) is 8.26. The first kappa shape index (κ1) is 23.0. The van der Waals surface area contributed by atoms with E-state index < -0.39 is 0 Å². The van der Waals surface area contributed by atoms with Crippen LogP contribution in [-0.2, 0) is 4.79 Å². The zero-order chi connectivity index (χ0) is 24.2. The number of benzene rings is 3. The van der Waals surface area contributed by atoms with E-state index in [1.54, 1.807) is 7.11 Å². The number of aromatic nitrogens is 3. The number of amides is 1. The summed E-state index contributed by atoms with van der Waals surface area (Å²) in [7, 11) is 1.64. The molecular formula is C27H26N4O3S. The van der Waals surface area contributed by atoms with E-state index in [1.165, 1.54) is 11.8 Å². The van der Waals surface area contributed by atoms with Crippen molar-refractivity contribution in [3.05, 3.63) is 83.9 Å². The van der Waals surface area contributed by atoms with Crippen molar-refractivity contribution in [1.29, 1.82) is 0 Å². The molecule has 1 atom stereocenters. The Morgan fingerprint density at radius 1 is 1.09 bits per heavy atom. The van der Waals surface area contributed by atoms with Gasteiger partial charge in [-0.15, -0.1) is 10.2 Å². The molecule has 0 spiro atoms. The highest BCUT2D eigenvalue weighted by atomic mass is 32.2. The average Bonchev–Trinajstić information content (AvgIpc) is 3.32. The summed E-state index contributed by atoms with van der Waals surface area (Å²) in [5.41, 5.74) is 3.92. The molecule has 1 unspecified atom stereocenters. The Bertz CT molecular complexity index is 1340. The molecule has 4 aromatic rings. The fraction of sp³-hybridized carbons (Fsp3) is 0.222. The number of fused-ring (bicyclic) bond motifs is 1. The molecule has 8 heteroatoms.